The highest BCUT2D eigenvalue weighted by atomic mass is 35.5. The smallest absolute Gasteiger partial charge is 0.253 e. The molecule has 186 valence electrons. The summed E-state index contributed by atoms with van der Waals surface area (Å²) in [6.07, 6.45) is 5.53. The van der Waals surface area contributed by atoms with Gasteiger partial charge in [0.1, 0.15) is 0 Å². The van der Waals surface area contributed by atoms with Gasteiger partial charge in [0.25, 0.3) is 5.91 Å². The molecule has 8 heteroatoms. The summed E-state index contributed by atoms with van der Waals surface area (Å²) in [5.41, 5.74) is 4.81. The zero-order valence-corrected chi connectivity index (χ0v) is 21.9. The second-order valence-corrected chi connectivity index (χ2v) is 9.72. The molecule has 2 aromatic heterocycles. The van der Waals surface area contributed by atoms with Crippen LogP contribution in [0.25, 0.3) is 11.3 Å². The molecular formula is C27H33Cl2N5O. The number of carbonyl (C=O) groups is 1. The van der Waals surface area contributed by atoms with E-state index in [0.29, 0.717) is 16.6 Å². The van der Waals surface area contributed by atoms with E-state index in [1.807, 2.05) is 49.5 Å². The van der Waals surface area contributed by atoms with Crippen LogP contribution in [0.15, 0.2) is 48.8 Å². The van der Waals surface area contributed by atoms with Gasteiger partial charge in [-0.3, -0.25) is 14.7 Å². The van der Waals surface area contributed by atoms with Crippen molar-refractivity contribution >= 4 is 34.8 Å². The van der Waals surface area contributed by atoms with Gasteiger partial charge in [-0.2, -0.15) is 0 Å². The molecule has 6 nitrogen and oxygen atoms in total. The highest BCUT2D eigenvalue weighted by molar-refractivity contribution is 6.43. The molecule has 1 N–H and O–H groups in total. The van der Waals surface area contributed by atoms with Crippen molar-refractivity contribution in [1.29, 1.82) is 0 Å². The van der Waals surface area contributed by atoms with Gasteiger partial charge >= 0.3 is 0 Å². The molecule has 1 aromatic carbocycles. The average molecular weight is 515 g/mol. The molecule has 3 aromatic rings. The van der Waals surface area contributed by atoms with Crippen LogP contribution in [0.5, 0.6) is 0 Å². The van der Waals surface area contributed by atoms with Crippen molar-refractivity contribution in [1.82, 2.24) is 19.8 Å². The van der Waals surface area contributed by atoms with E-state index in [4.69, 9.17) is 23.2 Å². The number of hydrogen-bond acceptors (Lipinski definition) is 4. The number of nitrogens with one attached hydrogen (secondary N) is 1. The lowest BCUT2D eigenvalue weighted by Crippen LogP contribution is -2.47. The summed E-state index contributed by atoms with van der Waals surface area (Å²) in [5, 5.41) is 4.34. The first-order chi connectivity index (χ1) is 17.0. The number of pyridine rings is 1. The Balaban J connectivity index is 1.27. The third-order valence-corrected chi connectivity index (χ3v) is 7.41. The van der Waals surface area contributed by atoms with Crippen molar-refractivity contribution in [3.63, 3.8) is 0 Å². The number of hydrogen-bond donors (Lipinski definition) is 1. The number of anilines is 1. The summed E-state index contributed by atoms with van der Waals surface area (Å²) >= 11 is 12.6. The predicted molar refractivity (Wildman–Crippen MR) is 145 cm³/mol. The number of aromatic nitrogens is 2. The first-order valence-electron chi connectivity index (χ1n) is 12.3. The first-order valence-corrected chi connectivity index (χ1v) is 13.0. The average Bonchev–Trinajstić information content (AvgIpc) is 3.21. The minimum atomic E-state index is -0.0112. The maximum Gasteiger partial charge on any atom is 0.253 e. The Kier molecular flexibility index (Phi) is 8.71. The highest BCUT2D eigenvalue weighted by Gasteiger charge is 2.20. The Labute approximate surface area is 217 Å². The minimum absolute atomic E-state index is 0.0112. The van der Waals surface area contributed by atoms with Crippen molar-refractivity contribution in [3.05, 3.63) is 70.1 Å². The normalized spacial score (nSPS) is 14.3. The number of nitrogens with zero attached hydrogens (tertiary/aromatic N) is 4. The molecule has 35 heavy (non-hydrogen) atoms. The Morgan fingerprint density at radius 3 is 2.60 bits per heavy atom. The summed E-state index contributed by atoms with van der Waals surface area (Å²) in [6.45, 7) is 10.4. The van der Waals surface area contributed by atoms with E-state index >= 15 is 0 Å². The number of halogens is 2. The topological polar surface area (TPSA) is 53.4 Å². The molecule has 1 aliphatic rings. The molecule has 0 aliphatic carbocycles. The maximum atomic E-state index is 13.0. The fourth-order valence-corrected chi connectivity index (χ4v) is 5.10. The predicted octanol–water partition coefficient (Wildman–Crippen LogP) is 5.52. The third kappa shape index (κ3) is 6.00. The molecule has 0 unspecified atom stereocenters. The van der Waals surface area contributed by atoms with Crippen LogP contribution in [-0.2, 0) is 6.54 Å². The lowest BCUT2D eigenvalue weighted by Gasteiger charge is -2.36. The maximum absolute atomic E-state index is 13.0. The second kappa shape index (κ2) is 11.9. The number of piperazine rings is 1. The van der Waals surface area contributed by atoms with Crippen LogP contribution in [0.1, 0.15) is 35.8 Å². The number of amides is 1. The van der Waals surface area contributed by atoms with Gasteiger partial charge in [0.15, 0.2) is 0 Å². The van der Waals surface area contributed by atoms with E-state index in [9.17, 15) is 4.79 Å². The van der Waals surface area contributed by atoms with Crippen LogP contribution in [0.2, 0.25) is 10.0 Å². The van der Waals surface area contributed by atoms with Gasteiger partial charge < -0.3 is 14.8 Å². The van der Waals surface area contributed by atoms with Gasteiger partial charge in [0.2, 0.25) is 0 Å². The Hall–Kier alpha value is -2.54. The zero-order chi connectivity index (χ0) is 24.8. The van der Waals surface area contributed by atoms with Crippen molar-refractivity contribution in [2.45, 2.75) is 33.2 Å². The number of carbonyl (C=O) groups excluding carboxylic acids is 1. The molecule has 1 saturated heterocycles. The van der Waals surface area contributed by atoms with E-state index in [-0.39, 0.29) is 5.91 Å². The molecule has 0 radical (unpaired) electrons. The quantitative estimate of drug-likeness (QED) is 0.383. The summed E-state index contributed by atoms with van der Waals surface area (Å²) in [6, 6.07) is 11.7. The highest BCUT2D eigenvalue weighted by Crippen LogP contribution is 2.33. The summed E-state index contributed by atoms with van der Waals surface area (Å²) in [4.78, 5) is 22.0. The molecule has 0 saturated carbocycles. The van der Waals surface area contributed by atoms with Crippen LogP contribution in [-0.4, -0.2) is 59.6 Å². The largest absolute Gasteiger partial charge is 0.368 e. The Morgan fingerprint density at radius 1 is 1.09 bits per heavy atom. The molecule has 3 heterocycles. The second-order valence-electron chi connectivity index (χ2n) is 8.93. The molecule has 1 amide bonds. The van der Waals surface area contributed by atoms with Crippen molar-refractivity contribution in [2.24, 2.45) is 0 Å². The standard InChI is InChI=1S/C27H33Cl2N5O/c1-3-12-34-20(2)22(18-25(34)21-7-5-10-30-19-21)27(35)31-11-6-13-32-14-16-33(17-15-32)24-9-4-8-23(28)26(24)29/h4-5,7-10,18-19H,3,6,11-17H2,1-2H3,(H,31,35). The van der Waals surface area contributed by atoms with Crippen LogP contribution in [0, 0.1) is 6.92 Å². The van der Waals surface area contributed by atoms with E-state index in [0.717, 1.165) is 80.3 Å². The minimum Gasteiger partial charge on any atom is -0.368 e. The van der Waals surface area contributed by atoms with E-state index < -0.39 is 0 Å². The molecule has 4 rings (SSSR count). The van der Waals surface area contributed by atoms with Crippen molar-refractivity contribution < 1.29 is 4.79 Å². The summed E-state index contributed by atoms with van der Waals surface area (Å²) < 4.78 is 2.22. The van der Waals surface area contributed by atoms with Gasteiger partial charge in [-0.15, -0.1) is 0 Å². The van der Waals surface area contributed by atoms with Gasteiger partial charge in [-0.05, 0) is 56.6 Å². The van der Waals surface area contributed by atoms with E-state index in [2.05, 4.69) is 31.6 Å². The van der Waals surface area contributed by atoms with Crippen molar-refractivity contribution in [3.8, 4) is 11.3 Å². The Morgan fingerprint density at radius 2 is 1.89 bits per heavy atom. The van der Waals surface area contributed by atoms with Crippen LogP contribution in [0.3, 0.4) is 0 Å². The monoisotopic (exact) mass is 513 g/mol. The molecular weight excluding hydrogens is 481 g/mol. The molecule has 0 spiro atoms. The summed E-state index contributed by atoms with van der Waals surface area (Å²) in [5.74, 6) is -0.0112. The van der Waals surface area contributed by atoms with E-state index in [1.165, 1.54) is 0 Å². The third-order valence-electron chi connectivity index (χ3n) is 6.60. The van der Waals surface area contributed by atoms with Gasteiger partial charge in [0.05, 0.1) is 27.0 Å². The van der Waals surface area contributed by atoms with Crippen LogP contribution in [0.4, 0.5) is 5.69 Å². The summed E-state index contributed by atoms with van der Waals surface area (Å²) in [7, 11) is 0. The fraction of sp³-hybridized carbons (Fsp3) is 0.407. The fourth-order valence-electron chi connectivity index (χ4n) is 4.69. The first kappa shape index (κ1) is 25.5. The molecule has 0 bridgehead atoms. The Bertz CT molecular complexity index is 1140. The van der Waals surface area contributed by atoms with Gasteiger partial charge in [-0.25, -0.2) is 0 Å². The van der Waals surface area contributed by atoms with Gasteiger partial charge in [0, 0.05) is 62.9 Å². The molecule has 0 atom stereocenters. The van der Waals surface area contributed by atoms with Crippen LogP contribution < -0.4 is 10.2 Å². The molecule has 1 aliphatic heterocycles. The lowest BCUT2D eigenvalue weighted by molar-refractivity contribution is 0.0950. The number of benzene rings is 1. The van der Waals surface area contributed by atoms with E-state index in [1.54, 1.807) is 6.20 Å². The lowest BCUT2D eigenvalue weighted by atomic mass is 10.2. The zero-order valence-electron chi connectivity index (χ0n) is 20.4. The number of rotatable bonds is 9. The SMILES string of the molecule is CCCn1c(-c2cccnc2)cc(C(=O)NCCCN2CCN(c3cccc(Cl)c3Cl)CC2)c1C. The van der Waals surface area contributed by atoms with Gasteiger partial charge in [-0.1, -0.05) is 36.2 Å². The van der Waals surface area contributed by atoms with Crippen molar-refractivity contribution in [2.75, 3.05) is 44.2 Å². The molecule has 1 fully saturated rings. The van der Waals surface area contributed by atoms with Crippen LogP contribution >= 0.6 is 23.2 Å².